The van der Waals surface area contributed by atoms with E-state index in [-0.39, 0.29) is 17.1 Å². The number of hydrogen-bond acceptors (Lipinski definition) is 5. The van der Waals surface area contributed by atoms with Crippen molar-refractivity contribution in [1.29, 1.82) is 0 Å². The van der Waals surface area contributed by atoms with Crippen LogP contribution in [0.1, 0.15) is 26.8 Å². The van der Waals surface area contributed by atoms with Crippen LogP contribution in [-0.4, -0.2) is 28.2 Å². The number of benzene rings is 2. The molecule has 1 aliphatic rings. The fourth-order valence-corrected chi connectivity index (χ4v) is 4.41. The first-order valence-corrected chi connectivity index (χ1v) is 9.98. The minimum Gasteiger partial charge on any atom is -0.324 e. The van der Waals surface area contributed by atoms with Crippen molar-refractivity contribution >= 4 is 46.1 Å². The number of nitro groups is 1. The van der Waals surface area contributed by atoms with E-state index in [4.69, 9.17) is 11.6 Å². The molecule has 152 valence electrons. The molecule has 1 atom stereocenters. The van der Waals surface area contributed by atoms with Crippen LogP contribution in [-0.2, 0) is 4.79 Å². The molecule has 10 heteroatoms. The SMILES string of the molecule is O=C1CN(C(=O)c2ccc(Cl)c([N+](=O)[O-])c2)C(c2cccs2)c2cc(F)ccc2N1. The Kier molecular flexibility index (Phi) is 5.23. The second kappa shape index (κ2) is 7.85. The van der Waals surface area contributed by atoms with Gasteiger partial charge in [0.1, 0.15) is 17.4 Å². The van der Waals surface area contributed by atoms with Gasteiger partial charge in [-0.25, -0.2) is 4.39 Å². The number of halogens is 2. The minimum atomic E-state index is -0.753. The number of hydrogen-bond donors (Lipinski definition) is 1. The van der Waals surface area contributed by atoms with Crippen molar-refractivity contribution in [2.24, 2.45) is 0 Å². The molecule has 0 saturated heterocycles. The van der Waals surface area contributed by atoms with Gasteiger partial charge in [-0.3, -0.25) is 19.7 Å². The highest BCUT2D eigenvalue weighted by atomic mass is 35.5. The molecule has 7 nitrogen and oxygen atoms in total. The Morgan fingerprint density at radius 1 is 1.27 bits per heavy atom. The standard InChI is InChI=1S/C20H13ClFN3O4S/c21-14-5-3-11(8-16(14)25(28)29)20(27)24-10-18(26)23-15-6-4-12(22)9-13(15)19(24)17-2-1-7-30-17/h1-9,19H,10H2,(H,23,26). The molecular formula is C20H13ClFN3O4S. The van der Waals surface area contributed by atoms with Crippen LogP contribution in [0, 0.1) is 15.9 Å². The highest BCUT2D eigenvalue weighted by Crippen LogP contribution is 2.39. The van der Waals surface area contributed by atoms with Crippen LogP contribution < -0.4 is 5.32 Å². The maximum atomic E-state index is 14.1. The Morgan fingerprint density at radius 3 is 2.77 bits per heavy atom. The van der Waals surface area contributed by atoms with Gasteiger partial charge in [0.2, 0.25) is 5.91 Å². The Morgan fingerprint density at radius 2 is 2.07 bits per heavy atom. The summed E-state index contributed by atoms with van der Waals surface area (Å²) in [4.78, 5) is 38.4. The molecule has 1 aromatic heterocycles. The summed E-state index contributed by atoms with van der Waals surface area (Å²) in [5, 5.41) is 15.6. The van der Waals surface area contributed by atoms with Crippen LogP contribution in [0.3, 0.4) is 0 Å². The highest BCUT2D eigenvalue weighted by Gasteiger charge is 2.35. The zero-order chi connectivity index (χ0) is 21.4. The molecule has 0 bridgehead atoms. The molecule has 0 fully saturated rings. The van der Waals surface area contributed by atoms with E-state index in [1.807, 2.05) is 5.38 Å². The predicted molar refractivity (Wildman–Crippen MR) is 110 cm³/mol. The first kappa shape index (κ1) is 20.0. The van der Waals surface area contributed by atoms with Crippen molar-refractivity contribution in [2.45, 2.75) is 6.04 Å². The van der Waals surface area contributed by atoms with Crippen molar-refractivity contribution < 1.29 is 18.9 Å². The average molecular weight is 446 g/mol. The van der Waals surface area contributed by atoms with Crippen molar-refractivity contribution in [1.82, 2.24) is 4.90 Å². The van der Waals surface area contributed by atoms with E-state index in [0.717, 1.165) is 10.9 Å². The molecule has 2 aromatic carbocycles. The Bertz CT molecular complexity index is 1170. The third-order valence-corrected chi connectivity index (χ3v) is 5.92. The van der Waals surface area contributed by atoms with Gasteiger partial charge in [0.15, 0.2) is 0 Å². The lowest BCUT2D eigenvalue weighted by Crippen LogP contribution is -2.38. The van der Waals surface area contributed by atoms with E-state index in [2.05, 4.69) is 5.32 Å². The largest absolute Gasteiger partial charge is 0.324 e. The second-order valence-electron chi connectivity index (χ2n) is 6.55. The molecule has 1 N–H and O–H groups in total. The predicted octanol–water partition coefficient (Wildman–Crippen LogP) is 4.63. The smallest absolute Gasteiger partial charge is 0.288 e. The van der Waals surface area contributed by atoms with Gasteiger partial charge in [-0.2, -0.15) is 0 Å². The Labute approximate surface area is 178 Å². The van der Waals surface area contributed by atoms with E-state index in [0.29, 0.717) is 11.3 Å². The van der Waals surface area contributed by atoms with E-state index >= 15 is 0 Å². The van der Waals surface area contributed by atoms with Gasteiger partial charge in [0.25, 0.3) is 11.6 Å². The van der Waals surface area contributed by atoms with E-state index in [9.17, 15) is 24.1 Å². The minimum absolute atomic E-state index is 0.000286. The summed E-state index contributed by atoms with van der Waals surface area (Å²) < 4.78 is 14.1. The molecule has 30 heavy (non-hydrogen) atoms. The molecule has 0 radical (unpaired) electrons. The molecule has 1 aliphatic heterocycles. The molecule has 2 amide bonds. The van der Waals surface area contributed by atoms with Crippen molar-refractivity contribution in [3.05, 3.63) is 90.9 Å². The normalized spacial score (nSPS) is 15.9. The summed E-state index contributed by atoms with van der Waals surface area (Å²) in [6.07, 6.45) is 0. The molecule has 0 spiro atoms. The molecule has 1 unspecified atom stereocenters. The van der Waals surface area contributed by atoms with Crippen LogP contribution >= 0.6 is 22.9 Å². The van der Waals surface area contributed by atoms with Crippen LogP contribution in [0.5, 0.6) is 0 Å². The zero-order valence-electron chi connectivity index (χ0n) is 15.2. The molecule has 2 heterocycles. The first-order valence-electron chi connectivity index (χ1n) is 8.73. The highest BCUT2D eigenvalue weighted by molar-refractivity contribution is 7.10. The summed E-state index contributed by atoms with van der Waals surface area (Å²) in [5.41, 5.74) is 0.401. The van der Waals surface area contributed by atoms with Gasteiger partial charge < -0.3 is 10.2 Å². The summed E-state index contributed by atoms with van der Waals surface area (Å²) in [6.45, 7) is -0.311. The van der Waals surface area contributed by atoms with Crippen molar-refractivity contribution in [3.8, 4) is 0 Å². The molecular weight excluding hydrogens is 433 g/mol. The maximum absolute atomic E-state index is 14.1. The summed E-state index contributed by atoms with van der Waals surface area (Å²) >= 11 is 7.21. The van der Waals surface area contributed by atoms with Crippen LogP contribution in [0.2, 0.25) is 5.02 Å². The van der Waals surface area contributed by atoms with Crippen LogP contribution in [0.4, 0.5) is 15.8 Å². The van der Waals surface area contributed by atoms with Gasteiger partial charge in [-0.1, -0.05) is 17.7 Å². The number of carbonyl (C=O) groups is 2. The quantitative estimate of drug-likeness (QED) is 0.469. The third kappa shape index (κ3) is 3.64. The number of carbonyl (C=O) groups excluding carboxylic acids is 2. The Hall–Kier alpha value is -3.30. The van der Waals surface area contributed by atoms with E-state index in [1.54, 1.807) is 12.1 Å². The van der Waals surface area contributed by atoms with E-state index < -0.39 is 34.3 Å². The van der Waals surface area contributed by atoms with Crippen molar-refractivity contribution in [3.63, 3.8) is 0 Å². The van der Waals surface area contributed by atoms with Gasteiger partial charge in [-0.05, 0) is 41.8 Å². The number of amides is 2. The fraction of sp³-hybridized carbons (Fsp3) is 0.100. The number of nitro benzene ring substituents is 1. The number of anilines is 1. The summed E-state index contributed by atoms with van der Waals surface area (Å²) in [6, 6.07) is 10.5. The second-order valence-corrected chi connectivity index (χ2v) is 7.94. The van der Waals surface area contributed by atoms with Gasteiger partial charge in [0.05, 0.1) is 11.0 Å². The van der Waals surface area contributed by atoms with Crippen LogP contribution in [0.15, 0.2) is 53.9 Å². The monoisotopic (exact) mass is 445 g/mol. The number of nitrogens with zero attached hydrogens (tertiary/aromatic N) is 2. The number of fused-ring (bicyclic) bond motifs is 1. The average Bonchev–Trinajstić information content (AvgIpc) is 3.18. The number of rotatable bonds is 3. The molecule has 3 aromatic rings. The molecule has 0 aliphatic carbocycles. The lowest BCUT2D eigenvalue weighted by molar-refractivity contribution is -0.384. The zero-order valence-corrected chi connectivity index (χ0v) is 16.7. The number of thiophene rings is 1. The summed E-state index contributed by atoms with van der Waals surface area (Å²) in [7, 11) is 0. The third-order valence-electron chi connectivity index (χ3n) is 4.67. The van der Waals surface area contributed by atoms with Gasteiger partial charge in [0, 0.05) is 27.8 Å². The van der Waals surface area contributed by atoms with Crippen molar-refractivity contribution in [2.75, 3.05) is 11.9 Å². The van der Waals surface area contributed by atoms with Gasteiger partial charge >= 0.3 is 0 Å². The fourth-order valence-electron chi connectivity index (χ4n) is 3.37. The van der Waals surface area contributed by atoms with Gasteiger partial charge in [-0.15, -0.1) is 11.3 Å². The number of nitrogens with one attached hydrogen (secondary N) is 1. The van der Waals surface area contributed by atoms with Crippen LogP contribution in [0.25, 0.3) is 0 Å². The lowest BCUT2D eigenvalue weighted by Gasteiger charge is -2.29. The molecule has 0 saturated carbocycles. The molecule has 4 rings (SSSR count). The summed E-state index contributed by atoms with van der Waals surface area (Å²) in [5.74, 6) is -1.58. The Balaban J connectivity index is 1.86. The lowest BCUT2D eigenvalue weighted by atomic mass is 10.0. The van der Waals surface area contributed by atoms with E-state index in [1.165, 1.54) is 46.6 Å². The maximum Gasteiger partial charge on any atom is 0.288 e. The topological polar surface area (TPSA) is 92.5 Å². The first-order chi connectivity index (χ1) is 14.3.